The maximum absolute atomic E-state index is 11.8. The number of carbonyl (C=O) groups excluding carboxylic acids is 2. The van der Waals surface area contributed by atoms with Crippen LogP contribution in [0.15, 0.2) is 0 Å². The number of carbonyl (C=O) groups is 2. The van der Waals surface area contributed by atoms with Gasteiger partial charge in [0.15, 0.2) is 0 Å². The van der Waals surface area contributed by atoms with E-state index in [2.05, 4.69) is 12.2 Å². The molecule has 0 aromatic heterocycles. The number of hydrogen-bond donors (Lipinski definition) is 1. The molecule has 2 aliphatic heterocycles. The number of hydrogen-bond acceptors (Lipinski definition) is 3. The van der Waals surface area contributed by atoms with Gasteiger partial charge in [0.2, 0.25) is 11.8 Å². The predicted molar refractivity (Wildman–Crippen MR) is 60.5 cm³/mol. The van der Waals surface area contributed by atoms with Crippen LogP contribution < -0.4 is 5.32 Å². The Kier molecular flexibility index (Phi) is 2.79. The molecule has 2 heterocycles. The fraction of sp³-hybridized carbons (Fsp3) is 0.818. The van der Waals surface area contributed by atoms with Gasteiger partial charge in [-0.2, -0.15) is 11.8 Å². The van der Waals surface area contributed by atoms with Crippen LogP contribution in [-0.2, 0) is 9.59 Å². The van der Waals surface area contributed by atoms with Gasteiger partial charge in [-0.15, -0.1) is 0 Å². The lowest BCUT2D eigenvalue weighted by atomic mass is 9.65. The van der Waals surface area contributed by atoms with E-state index in [1.54, 1.807) is 0 Å². The van der Waals surface area contributed by atoms with Crippen molar-refractivity contribution in [2.45, 2.75) is 38.4 Å². The molecule has 1 N–H and O–H groups in total. The number of rotatable bonds is 1. The first-order valence-electron chi connectivity index (χ1n) is 5.55. The molecule has 0 bridgehead atoms. The highest BCUT2D eigenvalue weighted by Gasteiger charge is 2.53. The Hall–Kier alpha value is -0.510. The summed E-state index contributed by atoms with van der Waals surface area (Å²) in [5, 5.41) is 2.89. The van der Waals surface area contributed by atoms with E-state index in [4.69, 9.17) is 0 Å². The Morgan fingerprint density at radius 1 is 1.53 bits per heavy atom. The van der Waals surface area contributed by atoms with Crippen LogP contribution in [0.3, 0.4) is 0 Å². The highest BCUT2D eigenvalue weighted by Crippen LogP contribution is 2.52. The van der Waals surface area contributed by atoms with Crippen LogP contribution in [0.5, 0.6) is 0 Å². The second-order valence-electron chi connectivity index (χ2n) is 4.55. The molecule has 0 saturated carbocycles. The molecule has 3 nitrogen and oxygen atoms in total. The summed E-state index contributed by atoms with van der Waals surface area (Å²) in [7, 11) is 0. The first-order chi connectivity index (χ1) is 7.10. The molecule has 2 amide bonds. The van der Waals surface area contributed by atoms with Crippen LogP contribution in [0.2, 0.25) is 0 Å². The summed E-state index contributed by atoms with van der Waals surface area (Å²) >= 11 is 1.89. The molecule has 2 fully saturated rings. The van der Waals surface area contributed by atoms with Crippen molar-refractivity contribution in [2.24, 2.45) is 11.3 Å². The second kappa shape index (κ2) is 3.81. The van der Waals surface area contributed by atoms with Gasteiger partial charge in [-0.05, 0) is 18.6 Å². The molecular formula is C11H17NO2S. The van der Waals surface area contributed by atoms with E-state index in [1.807, 2.05) is 18.7 Å². The summed E-state index contributed by atoms with van der Waals surface area (Å²) in [4.78, 5) is 23.3. The van der Waals surface area contributed by atoms with E-state index >= 15 is 0 Å². The van der Waals surface area contributed by atoms with Gasteiger partial charge >= 0.3 is 0 Å². The zero-order valence-corrected chi connectivity index (χ0v) is 10.0. The van der Waals surface area contributed by atoms with Gasteiger partial charge in [0.1, 0.15) is 0 Å². The van der Waals surface area contributed by atoms with Gasteiger partial charge in [0, 0.05) is 23.0 Å². The molecule has 1 spiro atoms. The minimum Gasteiger partial charge on any atom is -0.296 e. The summed E-state index contributed by atoms with van der Waals surface area (Å²) in [6.45, 7) is 4.20. The Balaban J connectivity index is 2.33. The first-order valence-corrected chi connectivity index (χ1v) is 6.60. The Morgan fingerprint density at radius 3 is 2.80 bits per heavy atom. The lowest BCUT2D eigenvalue weighted by molar-refractivity contribution is -0.143. The van der Waals surface area contributed by atoms with Crippen molar-refractivity contribution in [3.05, 3.63) is 0 Å². The van der Waals surface area contributed by atoms with Gasteiger partial charge in [0.05, 0.1) is 0 Å². The van der Waals surface area contributed by atoms with Gasteiger partial charge < -0.3 is 0 Å². The Bertz CT molecular complexity index is 305. The van der Waals surface area contributed by atoms with E-state index in [-0.39, 0.29) is 23.1 Å². The molecule has 0 aliphatic carbocycles. The van der Waals surface area contributed by atoms with Crippen LogP contribution >= 0.6 is 11.8 Å². The molecule has 2 saturated heterocycles. The number of nitrogens with one attached hydrogen (secondary N) is 1. The van der Waals surface area contributed by atoms with Crippen LogP contribution in [0.25, 0.3) is 0 Å². The molecular weight excluding hydrogens is 210 g/mol. The van der Waals surface area contributed by atoms with Crippen molar-refractivity contribution in [2.75, 3.05) is 5.75 Å². The molecule has 3 atom stereocenters. The molecule has 2 aliphatic rings. The summed E-state index contributed by atoms with van der Waals surface area (Å²) in [5.74, 6) is 0.973. The van der Waals surface area contributed by atoms with Crippen molar-refractivity contribution in [1.82, 2.24) is 5.32 Å². The fourth-order valence-corrected chi connectivity index (χ4v) is 4.58. The third kappa shape index (κ3) is 1.59. The van der Waals surface area contributed by atoms with Gasteiger partial charge in [-0.25, -0.2) is 0 Å². The molecule has 0 aromatic rings. The minimum atomic E-state index is -0.0842. The second-order valence-corrected chi connectivity index (χ2v) is 5.99. The van der Waals surface area contributed by atoms with Crippen LogP contribution in [0, 0.1) is 11.3 Å². The van der Waals surface area contributed by atoms with E-state index in [0.29, 0.717) is 11.7 Å². The highest BCUT2D eigenvalue weighted by atomic mass is 32.2. The van der Waals surface area contributed by atoms with E-state index in [0.717, 1.165) is 18.6 Å². The molecule has 15 heavy (non-hydrogen) atoms. The zero-order chi connectivity index (χ0) is 11.1. The maximum atomic E-state index is 11.8. The predicted octanol–water partition coefficient (Wildman–Crippen LogP) is 1.57. The monoisotopic (exact) mass is 227 g/mol. The molecule has 84 valence electrons. The van der Waals surface area contributed by atoms with E-state index in [1.165, 1.54) is 0 Å². The molecule has 3 unspecified atom stereocenters. The van der Waals surface area contributed by atoms with Crippen LogP contribution in [-0.4, -0.2) is 22.8 Å². The topological polar surface area (TPSA) is 46.2 Å². The minimum absolute atomic E-state index is 0.0280. The van der Waals surface area contributed by atoms with Gasteiger partial charge in [-0.1, -0.05) is 13.8 Å². The largest absolute Gasteiger partial charge is 0.296 e. The van der Waals surface area contributed by atoms with Gasteiger partial charge in [0.25, 0.3) is 0 Å². The Labute approximate surface area is 94.4 Å². The average Bonchev–Trinajstić information content (AvgIpc) is 2.48. The SMILES string of the molecule is CCC1C(=O)NC(=O)CC12CCSC2C. The molecule has 4 heteroatoms. The summed E-state index contributed by atoms with van der Waals surface area (Å²) in [5.41, 5.74) is -0.0567. The van der Waals surface area contributed by atoms with Crippen LogP contribution in [0.4, 0.5) is 0 Å². The number of amides is 2. The molecule has 0 aromatic carbocycles. The normalized spacial score (nSPS) is 40.9. The van der Waals surface area contributed by atoms with E-state index < -0.39 is 0 Å². The van der Waals surface area contributed by atoms with E-state index in [9.17, 15) is 9.59 Å². The molecule has 0 radical (unpaired) electrons. The number of piperidine rings is 1. The number of imide groups is 1. The molecule has 2 rings (SSSR count). The standard InChI is InChI=1S/C11H17NO2S/c1-3-8-10(14)12-9(13)6-11(8)4-5-15-7(11)2/h7-8H,3-6H2,1-2H3,(H,12,13,14). The zero-order valence-electron chi connectivity index (χ0n) is 9.21. The van der Waals surface area contributed by atoms with Crippen LogP contribution in [0.1, 0.15) is 33.1 Å². The lowest BCUT2D eigenvalue weighted by Gasteiger charge is -2.42. The van der Waals surface area contributed by atoms with Crippen molar-refractivity contribution < 1.29 is 9.59 Å². The first kappa shape index (κ1) is 11.0. The third-order valence-electron chi connectivity index (χ3n) is 3.92. The summed E-state index contributed by atoms with van der Waals surface area (Å²) < 4.78 is 0. The quantitative estimate of drug-likeness (QED) is 0.692. The lowest BCUT2D eigenvalue weighted by Crippen LogP contribution is -2.54. The number of thioether (sulfide) groups is 1. The average molecular weight is 227 g/mol. The third-order valence-corrected chi connectivity index (χ3v) is 5.33. The van der Waals surface area contributed by atoms with Crippen molar-refractivity contribution in [1.29, 1.82) is 0 Å². The van der Waals surface area contributed by atoms with Crippen molar-refractivity contribution in [3.8, 4) is 0 Å². The van der Waals surface area contributed by atoms with Crippen molar-refractivity contribution >= 4 is 23.6 Å². The summed E-state index contributed by atoms with van der Waals surface area (Å²) in [6, 6.07) is 0. The van der Waals surface area contributed by atoms with Crippen molar-refractivity contribution in [3.63, 3.8) is 0 Å². The smallest absolute Gasteiger partial charge is 0.230 e. The Morgan fingerprint density at radius 2 is 2.27 bits per heavy atom. The highest BCUT2D eigenvalue weighted by molar-refractivity contribution is 8.00. The fourth-order valence-electron chi connectivity index (χ4n) is 3.03. The summed E-state index contributed by atoms with van der Waals surface area (Å²) in [6.07, 6.45) is 2.38. The van der Waals surface area contributed by atoms with Gasteiger partial charge in [-0.3, -0.25) is 14.9 Å². The maximum Gasteiger partial charge on any atom is 0.230 e.